The number of fused-ring (bicyclic) bond motifs is 1. The van der Waals surface area contributed by atoms with Gasteiger partial charge in [0.2, 0.25) is 5.43 Å². The number of aromatic amines is 1. The van der Waals surface area contributed by atoms with Crippen molar-refractivity contribution in [1.29, 1.82) is 0 Å². The maximum absolute atomic E-state index is 14.7. The molecule has 6 nitrogen and oxygen atoms in total. The first kappa shape index (κ1) is 18.8. The van der Waals surface area contributed by atoms with Crippen LogP contribution >= 0.6 is 11.6 Å². The van der Waals surface area contributed by atoms with E-state index in [4.69, 9.17) is 20.5 Å². The largest absolute Gasteiger partial charge is 0.496 e. The molecule has 0 spiro atoms. The van der Waals surface area contributed by atoms with E-state index < -0.39 is 42.3 Å². The second-order valence-corrected chi connectivity index (χ2v) is 7.97. The number of carboxylic acid groups (broad SMARTS) is 1. The minimum Gasteiger partial charge on any atom is -0.496 e. The zero-order valence-electron chi connectivity index (χ0n) is 19.8. The van der Waals surface area contributed by atoms with Crippen LogP contribution in [0.25, 0.3) is 10.9 Å². The van der Waals surface area contributed by atoms with Crippen molar-refractivity contribution in [2.45, 2.75) is 26.2 Å². The number of aliphatic hydroxyl groups is 1. The van der Waals surface area contributed by atoms with Crippen molar-refractivity contribution in [1.82, 2.24) is 4.98 Å². The second kappa shape index (κ2) is 9.08. The fourth-order valence-corrected chi connectivity index (χ4v) is 3.92. The topological polar surface area (TPSA) is 99.6 Å². The molecule has 8 heteroatoms. The van der Waals surface area contributed by atoms with Gasteiger partial charge in [0, 0.05) is 29.5 Å². The quantitative estimate of drug-likeness (QED) is 0.497. The Bertz CT molecular complexity index is 1310. The van der Waals surface area contributed by atoms with E-state index in [-0.39, 0.29) is 50.7 Å². The lowest BCUT2D eigenvalue weighted by Gasteiger charge is -2.25. The highest BCUT2D eigenvalue weighted by Crippen LogP contribution is 2.40. The fourth-order valence-electron chi connectivity index (χ4n) is 3.72. The maximum atomic E-state index is 14.7. The second-order valence-electron chi connectivity index (χ2n) is 7.56. The molecule has 0 unspecified atom stereocenters. The molecule has 0 aliphatic carbocycles. The zero-order valence-corrected chi connectivity index (χ0v) is 17.6. The van der Waals surface area contributed by atoms with E-state index in [2.05, 4.69) is 4.98 Å². The molecular weight excluding hydrogens is 425 g/mol. The van der Waals surface area contributed by atoms with Gasteiger partial charge in [0.15, 0.2) is 0 Å². The van der Waals surface area contributed by atoms with E-state index in [0.717, 1.165) is 6.20 Å². The summed E-state index contributed by atoms with van der Waals surface area (Å²) in [5, 5.41) is 19.3. The molecule has 0 radical (unpaired) electrons. The Hall–Kier alpha value is -2.90. The smallest absolute Gasteiger partial charge is 0.341 e. The molecule has 0 bridgehead atoms. The molecular formula is C23H23ClFNO5. The van der Waals surface area contributed by atoms with E-state index in [1.165, 1.54) is 24.3 Å². The van der Waals surface area contributed by atoms with Crippen molar-refractivity contribution in [3.63, 3.8) is 0 Å². The summed E-state index contributed by atoms with van der Waals surface area (Å²) in [5.74, 6) is -3.22. The lowest BCUT2D eigenvalue weighted by molar-refractivity contribution is 0.0695. The Balaban J connectivity index is 2.47. The van der Waals surface area contributed by atoms with Gasteiger partial charge in [-0.25, -0.2) is 9.18 Å². The minimum absolute atomic E-state index is 0.0515. The number of pyridine rings is 1. The number of halogens is 2. The van der Waals surface area contributed by atoms with Gasteiger partial charge < -0.3 is 19.9 Å². The SMILES string of the molecule is [2H]C([2H])([2H])Oc1c(Cc2cccc(Cl)c2F)cc2c(=O)c(C(=O)O)c[nH]c2c1[C@@H](CO)C(C)C. The van der Waals surface area contributed by atoms with Gasteiger partial charge in [-0.3, -0.25) is 4.79 Å². The number of nitrogens with one attached hydrogen (secondary N) is 1. The summed E-state index contributed by atoms with van der Waals surface area (Å²) in [7, 11) is -2.90. The third-order valence-corrected chi connectivity index (χ3v) is 5.65. The van der Waals surface area contributed by atoms with Crippen molar-refractivity contribution in [3.8, 4) is 5.75 Å². The third-order valence-electron chi connectivity index (χ3n) is 5.36. The highest BCUT2D eigenvalue weighted by molar-refractivity contribution is 6.30. The molecule has 1 heterocycles. The number of carboxylic acids is 1. The van der Waals surface area contributed by atoms with Crippen LogP contribution in [-0.2, 0) is 6.42 Å². The standard InChI is InChI=1S/C23H23ClFNO5/c1-11(2)16(10-27)18-20-14(21(28)15(9-26-20)23(29)30)8-13(22(18)31-3)7-12-5-4-6-17(24)19(12)25/h4-6,8-9,11,16,27H,7,10H2,1-3H3,(H,26,28)(H,29,30)/t16-/m0/s1/i3D3. The monoisotopic (exact) mass is 450 g/mol. The number of hydrogen-bond donors (Lipinski definition) is 3. The van der Waals surface area contributed by atoms with Gasteiger partial charge in [-0.05, 0) is 29.2 Å². The summed E-state index contributed by atoms with van der Waals surface area (Å²) in [6, 6.07) is 5.62. The van der Waals surface area contributed by atoms with E-state index in [1.807, 2.05) is 0 Å². The Kier molecular flexibility index (Phi) is 5.51. The molecule has 0 saturated carbocycles. The van der Waals surface area contributed by atoms with Crippen LogP contribution in [0.5, 0.6) is 5.75 Å². The van der Waals surface area contributed by atoms with Crippen LogP contribution in [0.2, 0.25) is 5.02 Å². The molecule has 0 aliphatic rings. The minimum atomic E-state index is -2.90. The van der Waals surface area contributed by atoms with E-state index in [9.17, 15) is 24.2 Å². The van der Waals surface area contributed by atoms with Crippen LogP contribution in [-0.4, -0.2) is 34.8 Å². The van der Waals surface area contributed by atoms with Crippen molar-refractivity contribution < 1.29 is 28.2 Å². The number of aromatic nitrogens is 1. The van der Waals surface area contributed by atoms with Gasteiger partial charge in [0.1, 0.15) is 17.1 Å². The van der Waals surface area contributed by atoms with E-state index >= 15 is 0 Å². The zero-order chi connectivity index (χ0) is 25.4. The van der Waals surface area contributed by atoms with Crippen LogP contribution in [0.3, 0.4) is 0 Å². The summed E-state index contributed by atoms with van der Waals surface area (Å²) in [5.41, 5.74) is -0.755. The first-order chi connectivity index (χ1) is 15.9. The predicted molar refractivity (Wildman–Crippen MR) is 117 cm³/mol. The van der Waals surface area contributed by atoms with E-state index in [0.29, 0.717) is 0 Å². The molecule has 0 amide bonds. The summed E-state index contributed by atoms with van der Waals surface area (Å²) < 4.78 is 43.1. The Morgan fingerprint density at radius 2 is 2.10 bits per heavy atom. The van der Waals surface area contributed by atoms with Gasteiger partial charge >= 0.3 is 5.97 Å². The molecule has 0 saturated heterocycles. The molecule has 2 aromatic carbocycles. The first-order valence-electron chi connectivity index (χ1n) is 11.0. The number of benzene rings is 2. The molecule has 31 heavy (non-hydrogen) atoms. The molecule has 0 fully saturated rings. The van der Waals surface area contributed by atoms with Crippen LogP contribution in [0.4, 0.5) is 4.39 Å². The predicted octanol–water partition coefficient (Wildman–Crippen LogP) is 4.35. The Morgan fingerprint density at radius 3 is 2.71 bits per heavy atom. The highest BCUT2D eigenvalue weighted by Gasteiger charge is 2.27. The third kappa shape index (κ3) is 4.16. The van der Waals surface area contributed by atoms with Gasteiger partial charge in [-0.1, -0.05) is 37.6 Å². The normalized spacial score (nSPS) is 14.2. The molecule has 3 aromatic rings. The first-order valence-corrected chi connectivity index (χ1v) is 9.90. The van der Waals surface area contributed by atoms with E-state index in [1.54, 1.807) is 13.8 Å². The lowest BCUT2D eigenvalue weighted by Crippen LogP contribution is -2.19. The molecule has 1 aromatic heterocycles. The number of aliphatic hydroxyl groups excluding tert-OH is 1. The number of rotatable bonds is 7. The highest BCUT2D eigenvalue weighted by atomic mass is 35.5. The summed E-state index contributed by atoms with van der Waals surface area (Å²) in [6.07, 6.45) is 0.814. The summed E-state index contributed by atoms with van der Waals surface area (Å²) in [4.78, 5) is 27.3. The average molecular weight is 451 g/mol. The van der Waals surface area contributed by atoms with Crippen LogP contribution in [0.15, 0.2) is 35.3 Å². The Labute approximate surface area is 187 Å². The number of methoxy groups -OCH3 is 1. The van der Waals surface area contributed by atoms with Crippen molar-refractivity contribution in [2.75, 3.05) is 13.6 Å². The van der Waals surface area contributed by atoms with Crippen LogP contribution in [0.1, 0.15) is 50.9 Å². The van der Waals surface area contributed by atoms with Gasteiger partial charge in [0.05, 0.1) is 28.3 Å². The summed E-state index contributed by atoms with van der Waals surface area (Å²) >= 11 is 5.90. The van der Waals surface area contributed by atoms with Crippen LogP contribution in [0, 0.1) is 11.7 Å². The number of H-pyrrole nitrogens is 1. The van der Waals surface area contributed by atoms with Crippen molar-refractivity contribution in [3.05, 3.63) is 73.8 Å². The number of ether oxygens (including phenoxy) is 1. The number of carbonyl (C=O) groups is 1. The van der Waals surface area contributed by atoms with Crippen LogP contribution < -0.4 is 10.2 Å². The van der Waals surface area contributed by atoms with Gasteiger partial charge in [-0.15, -0.1) is 0 Å². The lowest BCUT2D eigenvalue weighted by atomic mass is 9.84. The maximum Gasteiger partial charge on any atom is 0.341 e. The van der Waals surface area contributed by atoms with Crippen molar-refractivity contribution in [2.24, 2.45) is 5.92 Å². The van der Waals surface area contributed by atoms with Gasteiger partial charge in [0.25, 0.3) is 0 Å². The molecule has 164 valence electrons. The van der Waals surface area contributed by atoms with Crippen molar-refractivity contribution >= 4 is 28.5 Å². The fraction of sp³-hybridized carbons (Fsp3) is 0.304. The van der Waals surface area contributed by atoms with Gasteiger partial charge in [-0.2, -0.15) is 0 Å². The number of hydrogen-bond acceptors (Lipinski definition) is 4. The Morgan fingerprint density at radius 1 is 1.35 bits per heavy atom. The molecule has 3 rings (SSSR count). The number of aromatic carboxylic acids is 1. The summed E-state index contributed by atoms with van der Waals surface area (Å²) in [6.45, 7) is 3.17. The molecule has 3 N–H and O–H groups in total. The molecule has 0 aliphatic heterocycles. The average Bonchev–Trinajstić information content (AvgIpc) is 2.73. The molecule has 1 atom stereocenters.